The summed E-state index contributed by atoms with van der Waals surface area (Å²) in [6.45, 7) is 4.71. The highest BCUT2D eigenvalue weighted by Crippen LogP contribution is 2.50. The molecule has 14 rings (SSSR count). The van der Waals surface area contributed by atoms with Gasteiger partial charge in [0, 0.05) is 60.5 Å². The van der Waals surface area contributed by atoms with Crippen LogP contribution in [0, 0.1) is 0 Å². The lowest BCUT2D eigenvalue weighted by atomic mass is 9.81. The molecule has 0 spiro atoms. The molecule has 0 unspecified atom stereocenters. The molecule has 0 saturated carbocycles. The van der Waals surface area contributed by atoms with Gasteiger partial charge in [-0.15, -0.1) is 0 Å². The molecule has 1 aliphatic rings. The Labute approximate surface area is 383 Å². The van der Waals surface area contributed by atoms with Gasteiger partial charge >= 0.3 is 0 Å². The first-order chi connectivity index (χ1) is 32.5. The summed E-state index contributed by atoms with van der Waals surface area (Å²) in [5.74, 6) is 0. The zero-order valence-corrected chi connectivity index (χ0v) is 36.7. The van der Waals surface area contributed by atoms with Crippen molar-refractivity contribution >= 4 is 77.0 Å². The predicted octanol–water partition coefficient (Wildman–Crippen LogP) is 17.0. The van der Waals surface area contributed by atoms with E-state index in [1.54, 1.807) is 0 Å². The highest BCUT2D eigenvalue weighted by atomic mass is 15.1. The summed E-state index contributed by atoms with van der Waals surface area (Å²) in [6, 6.07) is 83.1. The topological polar surface area (TPSA) is 12.6 Å². The van der Waals surface area contributed by atoms with Crippen molar-refractivity contribution in [2.24, 2.45) is 0 Å². The molecule has 3 heterocycles. The van der Waals surface area contributed by atoms with Crippen molar-refractivity contribution in [1.29, 1.82) is 0 Å². The van der Waals surface area contributed by atoms with Crippen molar-refractivity contribution in [3.8, 4) is 39.1 Å². The van der Waals surface area contributed by atoms with Crippen molar-refractivity contribution in [2.75, 3.05) is 4.90 Å². The highest BCUT2D eigenvalue weighted by Gasteiger charge is 2.35. The summed E-state index contributed by atoms with van der Waals surface area (Å²) >= 11 is 0. The maximum absolute atomic E-state index is 2.45. The summed E-state index contributed by atoms with van der Waals surface area (Å²) in [5.41, 5.74) is 20.9. The number of nitrogens with zero attached hydrogens (tertiary/aromatic N) is 3. The van der Waals surface area contributed by atoms with E-state index in [4.69, 9.17) is 0 Å². The van der Waals surface area contributed by atoms with Gasteiger partial charge < -0.3 is 13.9 Å². The van der Waals surface area contributed by atoms with Gasteiger partial charge in [-0.25, -0.2) is 0 Å². The summed E-state index contributed by atoms with van der Waals surface area (Å²) in [7, 11) is 0. The molecule has 0 atom stereocenters. The van der Waals surface area contributed by atoms with Gasteiger partial charge in [-0.05, 0) is 123 Å². The Kier molecular flexibility index (Phi) is 7.74. The van der Waals surface area contributed by atoms with E-state index in [9.17, 15) is 0 Å². The van der Waals surface area contributed by atoms with Crippen molar-refractivity contribution in [3.63, 3.8) is 0 Å². The van der Waals surface area contributed by atoms with E-state index < -0.39 is 0 Å². The Morgan fingerprint density at radius 3 is 1.47 bits per heavy atom. The van der Waals surface area contributed by atoms with Crippen molar-refractivity contribution in [2.45, 2.75) is 19.3 Å². The minimum atomic E-state index is -0.0513. The van der Waals surface area contributed by atoms with Gasteiger partial charge in [0.15, 0.2) is 0 Å². The number of hydrogen-bond donors (Lipinski definition) is 0. The van der Waals surface area contributed by atoms with E-state index >= 15 is 0 Å². The molecule has 0 saturated heterocycles. The second-order valence-electron chi connectivity index (χ2n) is 18.5. The minimum Gasteiger partial charge on any atom is -0.310 e. The van der Waals surface area contributed by atoms with Crippen LogP contribution < -0.4 is 4.90 Å². The Bertz CT molecular complexity index is 4000. The van der Waals surface area contributed by atoms with Crippen LogP contribution in [0.15, 0.2) is 224 Å². The van der Waals surface area contributed by atoms with Crippen LogP contribution >= 0.6 is 0 Å². The Morgan fingerprint density at radius 2 is 0.803 bits per heavy atom. The van der Waals surface area contributed by atoms with Gasteiger partial charge in [-0.1, -0.05) is 159 Å². The van der Waals surface area contributed by atoms with Gasteiger partial charge in [0.1, 0.15) is 0 Å². The SMILES string of the molecule is CC1(C)c2ccccc2-c2ccc(-c3ccc(N(c4ccc(-c5ccc(-n6c7ccccc7c7ccccc76)cc5)cc4)c4ccc5c(c4)c4cccc6c7ccccc7n5c64)cc3)cc21. The molecule has 13 aromatic rings. The standard InChI is InChI=1S/C63H43N3/c1-63(2)56-18-7-3-12-48(56)49-36-28-43(38-57(49)63)42-26-31-45(32-27-42)64(47-35-37-61-55(39-47)54-17-11-16-53-52-15-6-10-21-60(52)66(61)62(53)54)44-29-22-40(23-30-44)41-24-33-46(34-25-41)65-58-19-8-4-13-50(58)51-14-5-9-20-59(51)65/h3-39H,1-2H3. The van der Waals surface area contributed by atoms with Gasteiger partial charge in [-0.3, -0.25) is 0 Å². The van der Waals surface area contributed by atoms with Gasteiger partial charge in [0.25, 0.3) is 0 Å². The quantitative estimate of drug-likeness (QED) is 0.162. The molecular formula is C63H43N3. The lowest BCUT2D eigenvalue weighted by Gasteiger charge is -2.26. The smallest absolute Gasteiger partial charge is 0.0620 e. The highest BCUT2D eigenvalue weighted by molar-refractivity contribution is 6.23. The maximum atomic E-state index is 2.45. The Morgan fingerprint density at radius 1 is 0.333 bits per heavy atom. The molecular weight excluding hydrogens is 799 g/mol. The number of fused-ring (bicyclic) bond motifs is 12. The lowest BCUT2D eigenvalue weighted by Crippen LogP contribution is -2.14. The predicted molar refractivity (Wildman–Crippen MR) is 279 cm³/mol. The third kappa shape index (κ3) is 5.26. The van der Waals surface area contributed by atoms with E-state index in [1.807, 2.05) is 0 Å². The number of rotatable bonds is 6. The van der Waals surface area contributed by atoms with Crippen LogP contribution in [0.5, 0.6) is 0 Å². The molecule has 3 aromatic heterocycles. The van der Waals surface area contributed by atoms with Crippen LogP contribution in [0.1, 0.15) is 25.0 Å². The molecule has 310 valence electrons. The first kappa shape index (κ1) is 37.0. The zero-order chi connectivity index (χ0) is 43.7. The second-order valence-corrected chi connectivity index (χ2v) is 18.5. The molecule has 66 heavy (non-hydrogen) atoms. The summed E-state index contributed by atoms with van der Waals surface area (Å²) in [5, 5.41) is 7.66. The second kappa shape index (κ2) is 13.8. The van der Waals surface area contributed by atoms with Crippen molar-refractivity contribution < 1.29 is 0 Å². The molecule has 0 N–H and O–H groups in total. The zero-order valence-electron chi connectivity index (χ0n) is 36.7. The fraction of sp³-hybridized carbons (Fsp3) is 0.0476. The maximum Gasteiger partial charge on any atom is 0.0620 e. The van der Waals surface area contributed by atoms with E-state index in [0.29, 0.717) is 0 Å². The third-order valence-corrected chi connectivity index (χ3v) is 14.7. The first-order valence-electron chi connectivity index (χ1n) is 23.0. The molecule has 3 heteroatoms. The number of aromatic nitrogens is 2. The average molecular weight is 842 g/mol. The fourth-order valence-corrected chi connectivity index (χ4v) is 11.5. The molecule has 0 radical (unpaired) electrons. The van der Waals surface area contributed by atoms with Crippen LogP contribution in [-0.4, -0.2) is 8.97 Å². The largest absolute Gasteiger partial charge is 0.310 e. The normalized spacial score (nSPS) is 13.1. The van der Waals surface area contributed by atoms with E-state index in [0.717, 1.165) is 22.7 Å². The van der Waals surface area contributed by atoms with Crippen molar-refractivity contribution in [1.82, 2.24) is 8.97 Å². The van der Waals surface area contributed by atoms with E-state index in [2.05, 4.69) is 252 Å². The van der Waals surface area contributed by atoms with Gasteiger partial charge in [-0.2, -0.15) is 0 Å². The first-order valence-corrected chi connectivity index (χ1v) is 23.0. The number of hydrogen-bond acceptors (Lipinski definition) is 1. The van der Waals surface area contributed by atoms with Crippen LogP contribution in [-0.2, 0) is 5.41 Å². The Hall–Kier alpha value is -8.40. The lowest BCUT2D eigenvalue weighted by molar-refractivity contribution is 0.660. The third-order valence-electron chi connectivity index (χ3n) is 14.7. The number of anilines is 3. The fourth-order valence-electron chi connectivity index (χ4n) is 11.5. The van der Waals surface area contributed by atoms with Crippen LogP contribution in [0.3, 0.4) is 0 Å². The molecule has 0 aliphatic heterocycles. The van der Waals surface area contributed by atoms with Gasteiger partial charge in [0.05, 0.1) is 27.6 Å². The number of benzene rings is 10. The van der Waals surface area contributed by atoms with E-state index in [-0.39, 0.29) is 5.41 Å². The van der Waals surface area contributed by atoms with Crippen LogP contribution in [0.2, 0.25) is 0 Å². The molecule has 0 bridgehead atoms. The summed E-state index contributed by atoms with van der Waals surface area (Å²) in [6.07, 6.45) is 0. The number of para-hydroxylation sites is 4. The van der Waals surface area contributed by atoms with E-state index in [1.165, 1.54) is 104 Å². The molecule has 10 aromatic carbocycles. The van der Waals surface area contributed by atoms with Gasteiger partial charge in [0.2, 0.25) is 0 Å². The monoisotopic (exact) mass is 841 g/mol. The summed E-state index contributed by atoms with van der Waals surface area (Å²) in [4.78, 5) is 2.41. The Balaban J connectivity index is 0.863. The van der Waals surface area contributed by atoms with Crippen molar-refractivity contribution in [3.05, 3.63) is 236 Å². The molecule has 0 amide bonds. The average Bonchev–Trinajstić information content (AvgIpc) is 4.07. The molecule has 3 nitrogen and oxygen atoms in total. The van der Waals surface area contributed by atoms with Crippen LogP contribution in [0.4, 0.5) is 17.1 Å². The molecule has 1 aliphatic carbocycles. The minimum absolute atomic E-state index is 0.0513. The van der Waals surface area contributed by atoms with Crippen LogP contribution in [0.25, 0.3) is 99.0 Å². The molecule has 0 fully saturated rings. The summed E-state index contributed by atoms with van der Waals surface area (Å²) < 4.78 is 4.83.